The molecule has 0 saturated carbocycles. The van der Waals surface area contributed by atoms with Gasteiger partial charge in [0.25, 0.3) is 0 Å². The Labute approximate surface area is 146 Å². The van der Waals surface area contributed by atoms with Crippen LogP contribution < -0.4 is 14.9 Å². The van der Waals surface area contributed by atoms with Crippen LogP contribution in [0.25, 0.3) is 0 Å². The van der Waals surface area contributed by atoms with Crippen molar-refractivity contribution in [3.63, 3.8) is 0 Å². The lowest BCUT2D eigenvalue weighted by Crippen LogP contribution is -2.32. The fraction of sp³-hybridized carbons (Fsp3) is 0.188. The van der Waals surface area contributed by atoms with Gasteiger partial charge in [0, 0.05) is 30.5 Å². The minimum Gasteiger partial charge on any atom is -0.378 e. The molecule has 0 heterocycles. The van der Waals surface area contributed by atoms with E-state index < -0.39 is 15.9 Å². The number of halogens is 1. The van der Waals surface area contributed by atoms with Crippen LogP contribution in [0.4, 0.5) is 11.4 Å². The fourth-order valence-electron chi connectivity index (χ4n) is 1.91. The highest BCUT2D eigenvalue weighted by molar-refractivity contribution is 7.89. The highest BCUT2D eigenvalue weighted by Gasteiger charge is 2.15. The van der Waals surface area contributed by atoms with E-state index >= 15 is 0 Å². The zero-order chi connectivity index (χ0) is 17.7. The SMILES string of the molecule is CN(C)c1ccc(NC(=O)CNS(=O)(=O)c2ccc(Cl)cc2)cc1. The molecule has 0 saturated heterocycles. The minimum atomic E-state index is -3.76. The summed E-state index contributed by atoms with van der Waals surface area (Å²) in [5.74, 6) is -0.454. The lowest BCUT2D eigenvalue weighted by molar-refractivity contribution is -0.115. The van der Waals surface area contributed by atoms with Crippen molar-refractivity contribution in [1.82, 2.24) is 4.72 Å². The molecule has 0 fully saturated rings. The molecular weight excluding hydrogens is 350 g/mol. The van der Waals surface area contributed by atoms with Gasteiger partial charge in [0.05, 0.1) is 11.4 Å². The van der Waals surface area contributed by atoms with Crippen molar-refractivity contribution in [3.8, 4) is 0 Å². The van der Waals surface area contributed by atoms with Crippen LogP contribution in [0.3, 0.4) is 0 Å². The highest BCUT2D eigenvalue weighted by Crippen LogP contribution is 2.16. The van der Waals surface area contributed by atoms with Gasteiger partial charge >= 0.3 is 0 Å². The summed E-state index contributed by atoms with van der Waals surface area (Å²) in [6.07, 6.45) is 0. The second-order valence-electron chi connectivity index (χ2n) is 5.27. The predicted molar refractivity (Wildman–Crippen MR) is 96.0 cm³/mol. The standard InChI is InChI=1S/C16H18ClN3O3S/c1-20(2)14-7-5-13(6-8-14)19-16(21)11-18-24(22,23)15-9-3-12(17)4-10-15/h3-10,18H,11H2,1-2H3,(H,19,21). The minimum absolute atomic E-state index is 0.0510. The molecule has 2 aromatic rings. The van der Waals surface area contributed by atoms with Crippen molar-refractivity contribution < 1.29 is 13.2 Å². The molecular formula is C16H18ClN3O3S. The van der Waals surface area contributed by atoms with Crippen LogP contribution in [0, 0.1) is 0 Å². The topological polar surface area (TPSA) is 78.5 Å². The number of carbonyl (C=O) groups excluding carboxylic acids is 1. The average Bonchev–Trinajstić information content (AvgIpc) is 2.54. The summed E-state index contributed by atoms with van der Waals surface area (Å²) >= 11 is 5.73. The smallest absolute Gasteiger partial charge is 0.241 e. The number of nitrogens with one attached hydrogen (secondary N) is 2. The van der Waals surface area contributed by atoms with Crippen molar-refractivity contribution in [2.75, 3.05) is 30.9 Å². The second kappa shape index (κ2) is 7.65. The van der Waals surface area contributed by atoms with Crippen molar-refractivity contribution >= 4 is 38.9 Å². The van der Waals surface area contributed by atoms with E-state index in [4.69, 9.17) is 11.6 Å². The molecule has 0 aliphatic carbocycles. The van der Waals surface area contributed by atoms with E-state index in [9.17, 15) is 13.2 Å². The molecule has 8 heteroatoms. The van der Waals surface area contributed by atoms with Crippen LogP contribution in [0.15, 0.2) is 53.4 Å². The van der Waals surface area contributed by atoms with Crippen LogP contribution in [-0.2, 0) is 14.8 Å². The molecule has 0 spiro atoms. The second-order valence-corrected chi connectivity index (χ2v) is 7.47. The van der Waals surface area contributed by atoms with E-state index in [1.165, 1.54) is 24.3 Å². The summed E-state index contributed by atoms with van der Waals surface area (Å²) in [5.41, 5.74) is 1.59. The number of benzene rings is 2. The van der Waals surface area contributed by atoms with Crippen LogP contribution in [0.2, 0.25) is 5.02 Å². The average molecular weight is 368 g/mol. The normalized spacial score (nSPS) is 11.1. The largest absolute Gasteiger partial charge is 0.378 e. The Kier molecular flexibility index (Phi) is 5.82. The maximum atomic E-state index is 12.1. The molecule has 1 amide bonds. The molecule has 2 N–H and O–H groups in total. The molecule has 24 heavy (non-hydrogen) atoms. The van der Waals surface area contributed by atoms with Crippen LogP contribution in [0.5, 0.6) is 0 Å². The van der Waals surface area contributed by atoms with Gasteiger partial charge in [0.1, 0.15) is 0 Å². The zero-order valence-corrected chi connectivity index (χ0v) is 14.9. The van der Waals surface area contributed by atoms with Crippen LogP contribution >= 0.6 is 11.6 Å². The first-order chi connectivity index (χ1) is 11.3. The third kappa shape index (κ3) is 4.95. The van der Waals surface area contributed by atoms with E-state index in [0.29, 0.717) is 10.7 Å². The van der Waals surface area contributed by atoms with Crippen molar-refractivity contribution in [1.29, 1.82) is 0 Å². The molecule has 0 radical (unpaired) electrons. The number of nitrogens with zero attached hydrogens (tertiary/aromatic N) is 1. The van der Waals surface area contributed by atoms with Gasteiger partial charge in [-0.15, -0.1) is 0 Å². The van der Waals surface area contributed by atoms with Gasteiger partial charge in [-0.1, -0.05) is 11.6 Å². The Hall–Kier alpha value is -2.09. The Bertz CT molecular complexity index is 803. The van der Waals surface area contributed by atoms with Gasteiger partial charge in [-0.3, -0.25) is 4.79 Å². The first kappa shape index (κ1) is 18.3. The fourth-order valence-corrected chi connectivity index (χ4v) is 3.01. The van der Waals surface area contributed by atoms with E-state index in [0.717, 1.165) is 5.69 Å². The van der Waals surface area contributed by atoms with Crippen molar-refractivity contribution in [2.45, 2.75) is 4.90 Å². The third-order valence-corrected chi connectivity index (χ3v) is 4.88. The molecule has 0 atom stereocenters. The number of hydrogen-bond acceptors (Lipinski definition) is 4. The number of anilines is 2. The van der Waals surface area contributed by atoms with E-state index in [1.54, 1.807) is 12.1 Å². The molecule has 2 aromatic carbocycles. The molecule has 2 rings (SSSR count). The van der Waals surface area contributed by atoms with Gasteiger partial charge in [-0.2, -0.15) is 0 Å². The molecule has 128 valence electrons. The van der Waals surface area contributed by atoms with Crippen LogP contribution in [-0.4, -0.2) is 35.0 Å². The van der Waals surface area contributed by atoms with Crippen molar-refractivity contribution in [2.24, 2.45) is 0 Å². The first-order valence-electron chi connectivity index (χ1n) is 7.10. The summed E-state index contributed by atoms with van der Waals surface area (Å²) in [7, 11) is 0.0731. The van der Waals surface area contributed by atoms with E-state index in [1.807, 2.05) is 31.1 Å². The molecule has 0 aliphatic heterocycles. The Morgan fingerprint density at radius 3 is 2.17 bits per heavy atom. The lowest BCUT2D eigenvalue weighted by Gasteiger charge is -2.13. The highest BCUT2D eigenvalue weighted by atomic mass is 35.5. The summed E-state index contributed by atoms with van der Waals surface area (Å²) in [6.45, 7) is -0.361. The molecule has 6 nitrogen and oxygen atoms in total. The van der Waals surface area contributed by atoms with Gasteiger partial charge in [-0.05, 0) is 48.5 Å². The summed E-state index contributed by atoms with van der Waals surface area (Å²) in [6, 6.07) is 12.9. The van der Waals surface area contributed by atoms with Crippen molar-refractivity contribution in [3.05, 3.63) is 53.6 Å². The first-order valence-corrected chi connectivity index (χ1v) is 8.96. The Balaban J connectivity index is 1.93. The number of hydrogen-bond donors (Lipinski definition) is 2. The summed E-state index contributed by atoms with van der Waals surface area (Å²) in [5, 5.41) is 3.07. The molecule has 0 aromatic heterocycles. The maximum Gasteiger partial charge on any atom is 0.241 e. The Morgan fingerprint density at radius 1 is 1.04 bits per heavy atom. The quantitative estimate of drug-likeness (QED) is 0.821. The van der Waals surface area contributed by atoms with Gasteiger partial charge < -0.3 is 10.2 Å². The monoisotopic (exact) mass is 367 g/mol. The Morgan fingerprint density at radius 2 is 1.62 bits per heavy atom. The van der Waals surface area contributed by atoms with Crippen LogP contribution in [0.1, 0.15) is 0 Å². The maximum absolute atomic E-state index is 12.1. The lowest BCUT2D eigenvalue weighted by atomic mass is 10.2. The van der Waals surface area contributed by atoms with E-state index in [2.05, 4.69) is 10.0 Å². The number of sulfonamides is 1. The number of rotatable bonds is 6. The number of amides is 1. The summed E-state index contributed by atoms with van der Waals surface area (Å²) in [4.78, 5) is 13.9. The molecule has 0 bridgehead atoms. The van der Waals surface area contributed by atoms with Gasteiger partial charge in [-0.25, -0.2) is 13.1 Å². The summed E-state index contributed by atoms with van der Waals surface area (Å²) < 4.78 is 26.4. The van der Waals surface area contributed by atoms with Gasteiger partial charge in [0.15, 0.2) is 0 Å². The predicted octanol–water partition coefficient (Wildman–Crippen LogP) is 2.32. The molecule has 0 unspecified atom stereocenters. The zero-order valence-electron chi connectivity index (χ0n) is 13.3. The molecule has 0 aliphatic rings. The third-order valence-electron chi connectivity index (χ3n) is 3.21. The van der Waals surface area contributed by atoms with E-state index in [-0.39, 0.29) is 11.4 Å². The number of carbonyl (C=O) groups is 1. The van der Waals surface area contributed by atoms with Gasteiger partial charge in [0.2, 0.25) is 15.9 Å².